The van der Waals surface area contributed by atoms with Crippen LogP contribution in [-0.2, 0) is 6.54 Å². The molecule has 2 aromatic rings. The van der Waals surface area contributed by atoms with Crippen molar-refractivity contribution < 1.29 is 5.11 Å². The number of hydrogen-bond acceptors (Lipinski definition) is 5. The molecule has 5 nitrogen and oxygen atoms in total. The van der Waals surface area contributed by atoms with Gasteiger partial charge in [0, 0.05) is 24.9 Å². The van der Waals surface area contributed by atoms with Gasteiger partial charge in [0.1, 0.15) is 0 Å². The van der Waals surface area contributed by atoms with E-state index in [0.717, 1.165) is 22.8 Å². The summed E-state index contributed by atoms with van der Waals surface area (Å²) < 4.78 is 1.73. The first-order valence-corrected chi connectivity index (χ1v) is 10.1. The van der Waals surface area contributed by atoms with Crippen LogP contribution in [0.4, 0.5) is 0 Å². The molecule has 1 aromatic carbocycles. The van der Waals surface area contributed by atoms with Gasteiger partial charge in [0.25, 0.3) is 5.56 Å². The summed E-state index contributed by atoms with van der Waals surface area (Å²) >= 11 is 1.67. The minimum absolute atomic E-state index is 0.00339. The van der Waals surface area contributed by atoms with Crippen molar-refractivity contribution in [3.63, 3.8) is 0 Å². The molecule has 136 valence electrons. The van der Waals surface area contributed by atoms with E-state index < -0.39 is 0 Å². The molecule has 1 aromatic heterocycles. The Labute approximate surface area is 153 Å². The zero-order valence-electron chi connectivity index (χ0n) is 14.9. The number of aliphatic hydroxyl groups is 1. The number of aliphatic hydroxyl groups excluding tert-OH is 1. The zero-order valence-corrected chi connectivity index (χ0v) is 15.7. The van der Waals surface area contributed by atoms with Crippen LogP contribution < -0.4 is 5.56 Å². The first-order valence-electron chi connectivity index (χ1n) is 9.14. The number of hydrogen-bond donors (Lipinski definition) is 1. The molecular formula is C19H27N3O2S. The van der Waals surface area contributed by atoms with Gasteiger partial charge in [-0.05, 0) is 51.4 Å². The molecule has 0 saturated carbocycles. The summed E-state index contributed by atoms with van der Waals surface area (Å²) in [6.45, 7) is 1.78. The first kappa shape index (κ1) is 18.4. The average molecular weight is 362 g/mol. The smallest absolute Gasteiger partial charge is 0.262 e. The molecule has 1 fully saturated rings. The molecule has 1 saturated heterocycles. The predicted octanol–water partition coefficient (Wildman–Crippen LogP) is 2.75. The molecule has 2 heterocycles. The lowest BCUT2D eigenvalue weighted by Crippen LogP contribution is -2.36. The highest BCUT2D eigenvalue weighted by atomic mass is 32.2. The van der Waals surface area contributed by atoms with Crippen molar-refractivity contribution in [1.82, 2.24) is 14.5 Å². The third kappa shape index (κ3) is 4.43. The van der Waals surface area contributed by atoms with Crippen molar-refractivity contribution in [2.45, 2.75) is 49.8 Å². The van der Waals surface area contributed by atoms with Gasteiger partial charge in [0.2, 0.25) is 0 Å². The SMILES string of the molecule is CN1CCCCC1CCSc1nc2ccccc2c(=O)n1CCCO. The first-order chi connectivity index (χ1) is 12.2. The molecule has 1 atom stereocenters. The van der Waals surface area contributed by atoms with Crippen LogP contribution in [0.15, 0.2) is 34.2 Å². The minimum atomic E-state index is -0.00339. The summed E-state index contributed by atoms with van der Waals surface area (Å²) in [5, 5.41) is 10.6. The number of para-hydroxylation sites is 1. The monoisotopic (exact) mass is 361 g/mol. The standard InChI is InChI=1S/C19H27N3O2S/c1-21-11-5-4-7-15(21)10-14-25-19-20-17-9-3-2-8-16(17)18(24)22(19)12-6-13-23/h2-3,8-9,15,23H,4-7,10-14H2,1H3. The van der Waals surface area contributed by atoms with Gasteiger partial charge < -0.3 is 10.0 Å². The van der Waals surface area contributed by atoms with Crippen LogP contribution >= 0.6 is 11.8 Å². The fraction of sp³-hybridized carbons (Fsp3) is 0.579. The number of likely N-dealkylation sites (tertiary alicyclic amines) is 1. The second kappa shape index (κ2) is 8.83. The zero-order chi connectivity index (χ0) is 17.6. The van der Waals surface area contributed by atoms with Crippen LogP contribution in [0.2, 0.25) is 0 Å². The molecule has 6 heteroatoms. The Bertz CT molecular complexity index is 762. The summed E-state index contributed by atoms with van der Waals surface area (Å²) in [6.07, 6.45) is 5.56. The van der Waals surface area contributed by atoms with Crippen molar-refractivity contribution in [2.75, 3.05) is 26.0 Å². The minimum Gasteiger partial charge on any atom is -0.396 e. The van der Waals surface area contributed by atoms with Crippen LogP contribution in [0.5, 0.6) is 0 Å². The number of benzene rings is 1. The summed E-state index contributed by atoms with van der Waals surface area (Å²) in [5.41, 5.74) is 0.751. The van der Waals surface area contributed by atoms with Gasteiger partial charge in [-0.2, -0.15) is 0 Å². The van der Waals surface area contributed by atoms with E-state index in [1.807, 2.05) is 24.3 Å². The van der Waals surface area contributed by atoms with Gasteiger partial charge in [-0.25, -0.2) is 4.98 Å². The second-order valence-corrected chi connectivity index (χ2v) is 7.77. The summed E-state index contributed by atoms with van der Waals surface area (Å²) in [5.74, 6) is 0.957. The molecule has 0 spiro atoms. The molecule has 3 rings (SSSR count). The van der Waals surface area contributed by atoms with E-state index in [1.165, 1.54) is 25.8 Å². The quantitative estimate of drug-likeness (QED) is 0.607. The van der Waals surface area contributed by atoms with Crippen molar-refractivity contribution >= 4 is 22.7 Å². The van der Waals surface area contributed by atoms with Crippen LogP contribution in [0.25, 0.3) is 10.9 Å². The third-order valence-electron chi connectivity index (χ3n) is 4.97. The van der Waals surface area contributed by atoms with Gasteiger partial charge in [0.05, 0.1) is 10.9 Å². The Morgan fingerprint density at radius 2 is 2.16 bits per heavy atom. The predicted molar refractivity (Wildman–Crippen MR) is 103 cm³/mol. The largest absolute Gasteiger partial charge is 0.396 e. The van der Waals surface area contributed by atoms with E-state index in [0.29, 0.717) is 24.4 Å². The van der Waals surface area contributed by atoms with E-state index in [-0.39, 0.29) is 12.2 Å². The maximum atomic E-state index is 12.8. The Morgan fingerprint density at radius 3 is 2.96 bits per heavy atom. The molecule has 0 aliphatic carbocycles. The Balaban J connectivity index is 1.77. The second-order valence-electron chi connectivity index (χ2n) is 6.71. The summed E-state index contributed by atoms with van der Waals surface area (Å²) in [4.78, 5) is 20.0. The molecule has 25 heavy (non-hydrogen) atoms. The molecule has 1 unspecified atom stereocenters. The highest BCUT2D eigenvalue weighted by Crippen LogP contribution is 2.23. The van der Waals surface area contributed by atoms with E-state index >= 15 is 0 Å². The van der Waals surface area contributed by atoms with E-state index in [1.54, 1.807) is 16.3 Å². The number of rotatable bonds is 7. The van der Waals surface area contributed by atoms with E-state index in [2.05, 4.69) is 11.9 Å². The maximum Gasteiger partial charge on any atom is 0.262 e. The van der Waals surface area contributed by atoms with E-state index in [4.69, 9.17) is 10.1 Å². The summed E-state index contributed by atoms with van der Waals surface area (Å²) in [7, 11) is 2.21. The van der Waals surface area contributed by atoms with Crippen molar-refractivity contribution in [1.29, 1.82) is 0 Å². The normalized spacial score (nSPS) is 18.7. The Morgan fingerprint density at radius 1 is 1.32 bits per heavy atom. The molecule has 0 amide bonds. The number of thioether (sulfide) groups is 1. The molecular weight excluding hydrogens is 334 g/mol. The number of aromatic nitrogens is 2. The highest BCUT2D eigenvalue weighted by molar-refractivity contribution is 7.99. The Hall–Kier alpha value is -1.37. The Kier molecular flexibility index (Phi) is 6.51. The number of piperidine rings is 1. The van der Waals surface area contributed by atoms with Gasteiger partial charge in [-0.1, -0.05) is 30.3 Å². The lowest BCUT2D eigenvalue weighted by molar-refractivity contribution is 0.182. The number of fused-ring (bicyclic) bond motifs is 1. The van der Waals surface area contributed by atoms with Crippen LogP contribution in [-0.4, -0.2) is 51.6 Å². The molecule has 0 radical (unpaired) electrons. The van der Waals surface area contributed by atoms with Crippen molar-refractivity contribution in [3.8, 4) is 0 Å². The molecule has 1 aliphatic heterocycles. The van der Waals surface area contributed by atoms with E-state index in [9.17, 15) is 4.79 Å². The molecule has 0 bridgehead atoms. The molecule has 1 aliphatic rings. The average Bonchev–Trinajstić information content (AvgIpc) is 2.63. The lowest BCUT2D eigenvalue weighted by Gasteiger charge is -2.32. The fourth-order valence-corrected chi connectivity index (χ4v) is 4.54. The van der Waals surface area contributed by atoms with Gasteiger partial charge >= 0.3 is 0 Å². The molecule has 1 N–H and O–H groups in total. The lowest BCUT2D eigenvalue weighted by atomic mass is 10.0. The van der Waals surface area contributed by atoms with Crippen molar-refractivity contribution in [2.24, 2.45) is 0 Å². The van der Waals surface area contributed by atoms with Gasteiger partial charge in [-0.15, -0.1) is 0 Å². The van der Waals surface area contributed by atoms with Crippen LogP contribution in [0.3, 0.4) is 0 Å². The van der Waals surface area contributed by atoms with Crippen molar-refractivity contribution in [3.05, 3.63) is 34.6 Å². The van der Waals surface area contributed by atoms with Crippen LogP contribution in [0, 0.1) is 0 Å². The van der Waals surface area contributed by atoms with Gasteiger partial charge in [0.15, 0.2) is 5.16 Å². The fourth-order valence-electron chi connectivity index (χ4n) is 3.48. The topological polar surface area (TPSA) is 58.4 Å². The third-order valence-corrected chi connectivity index (χ3v) is 5.98. The highest BCUT2D eigenvalue weighted by Gasteiger charge is 2.19. The maximum absolute atomic E-state index is 12.8. The van der Waals surface area contributed by atoms with Crippen LogP contribution in [0.1, 0.15) is 32.1 Å². The summed E-state index contributed by atoms with van der Waals surface area (Å²) in [6, 6.07) is 8.14. The van der Waals surface area contributed by atoms with Gasteiger partial charge in [-0.3, -0.25) is 9.36 Å². The number of nitrogens with zero attached hydrogens (tertiary/aromatic N) is 3.